The molecule has 0 saturated heterocycles. The van der Waals surface area contributed by atoms with E-state index in [0.717, 1.165) is 17.1 Å². The van der Waals surface area contributed by atoms with Gasteiger partial charge in [0, 0.05) is 22.5 Å². The predicted molar refractivity (Wildman–Crippen MR) is 84.9 cm³/mol. The van der Waals surface area contributed by atoms with E-state index in [-0.39, 0.29) is 6.04 Å². The Bertz CT molecular complexity index is 525. The summed E-state index contributed by atoms with van der Waals surface area (Å²) in [7, 11) is 0. The van der Waals surface area contributed by atoms with E-state index < -0.39 is 0 Å². The number of rotatable bonds is 5. The molecule has 0 aliphatic heterocycles. The summed E-state index contributed by atoms with van der Waals surface area (Å²) in [5.41, 5.74) is 2.43. The third-order valence-electron chi connectivity index (χ3n) is 3.14. The summed E-state index contributed by atoms with van der Waals surface area (Å²) in [5, 5.41) is 4.32. The first-order chi connectivity index (χ1) is 9.20. The lowest BCUT2D eigenvalue weighted by atomic mass is 10.1. The van der Waals surface area contributed by atoms with Crippen LogP contribution in [0.4, 0.5) is 0 Å². The third-order valence-corrected chi connectivity index (χ3v) is 4.23. The second-order valence-corrected chi connectivity index (χ2v) is 5.76. The van der Waals surface area contributed by atoms with Gasteiger partial charge in [-0.2, -0.15) is 0 Å². The summed E-state index contributed by atoms with van der Waals surface area (Å²) in [4.78, 5) is 1.29. The summed E-state index contributed by atoms with van der Waals surface area (Å²) in [6.07, 6.45) is 2.09. The highest BCUT2D eigenvalue weighted by Crippen LogP contribution is 2.22. The lowest BCUT2D eigenvalue weighted by molar-refractivity contribution is 0.575. The maximum absolute atomic E-state index is 6.20. The molecule has 0 radical (unpaired) electrons. The van der Waals surface area contributed by atoms with E-state index in [2.05, 4.69) is 48.8 Å². The first kappa shape index (κ1) is 14.4. The Morgan fingerprint density at radius 1 is 1.11 bits per heavy atom. The van der Waals surface area contributed by atoms with Gasteiger partial charge in [0.25, 0.3) is 0 Å². The second kappa shape index (κ2) is 6.99. The van der Waals surface area contributed by atoms with E-state index in [9.17, 15) is 0 Å². The van der Waals surface area contributed by atoms with Gasteiger partial charge in [-0.1, -0.05) is 41.9 Å². The van der Waals surface area contributed by atoms with E-state index in [1.807, 2.05) is 18.2 Å². The van der Waals surface area contributed by atoms with Gasteiger partial charge in [0.15, 0.2) is 0 Å². The van der Waals surface area contributed by atoms with Crippen LogP contribution in [0.15, 0.2) is 53.4 Å². The maximum atomic E-state index is 6.20. The van der Waals surface area contributed by atoms with Crippen LogP contribution in [-0.2, 0) is 6.54 Å². The van der Waals surface area contributed by atoms with Gasteiger partial charge in [0.05, 0.1) is 0 Å². The number of hydrogen-bond acceptors (Lipinski definition) is 2. The van der Waals surface area contributed by atoms with Crippen molar-refractivity contribution in [2.24, 2.45) is 0 Å². The predicted octanol–water partition coefficient (Wildman–Crippen LogP) is 4.91. The minimum atomic E-state index is 0.244. The smallest absolute Gasteiger partial charge is 0.0453 e. The van der Waals surface area contributed by atoms with Crippen LogP contribution < -0.4 is 5.32 Å². The molecule has 19 heavy (non-hydrogen) atoms. The van der Waals surface area contributed by atoms with E-state index in [4.69, 9.17) is 11.6 Å². The Labute approximate surface area is 124 Å². The highest BCUT2D eigenvalue weighted by Gasteiger charge is 2.08. The number of halogens is 1. The van der Waals surface area contributed by atoms with Crippen molar-refractivity contribution in [3.8, 4) is 0 Å². The number of thioether (sulfide) groups is 1. The molecule has 2 aromatic carbocycles. The van der Waals surface area contributed by atoms with Crippen LogP contribution >= 0.6 is 23.4 Å². The summed E-state index contributed by atoms with van der Waals surface area (Å²) >= 11 is 7.96. The molecule has 2 aromatic rings. The summed E-state index contributed by atoms with van der Waals surface area (Å²) in [5.74, 6) is 0. The van der Waals surface area contributed by atoms with Gasteiger partial charge in [-0.25, -0.2) is 0 Å². The highest BCUT2D eigenvalue weighted by molar-refractivity contribution is 7.98. The molecule has 3 heteroatoms. The zero-order valence-electron chi connectivity index (χ0n) is 11.2. The van der Waals surface area contributed by atoms with Gasteiger partial charge in [0.1, 0.15) is 0 Å². The van der Waals surface area contributed by atoms with Crippen LogP contribution in [0.2, 0.25) is 5.02 Å². The van der Waals surface area contributed by atoms with Gasteiger partial charge < -0.3 is 5.32 Å². The van der Waals surface area contributed by atoms with Crippen molar-refractivity contribution in [2.45, 2.75) is 24.4 Å². The molecule has 0 spiro atoms. The molecule has 1 N–H and O–H groups in total. The second-order valence-electron chi connectivity index (χ2n) is 4.47. The molecule has 0 aliphatic carbocycles. The monoisotopic (exact) mass is 291 g/mol. The van der Waals surface area contributed by atoms with Crippen LogP contribution in [0.1, 0.15) is 24.1 Å². The fraction of sp³-hybridized carbons (Fsp3) is 0.250. The Balaban J connectivity index is 1.96. The molecule has 0 heterocycles. The molecular formula is C16H18ClNS. The molecule has 0 aliphatic rings. The highest BCUT2D eigenvalue weighted by atomic mass is 35.5. The molecule has 1 nitrogen and oxygen atoms in total. The first-order valence-corrected chi connectivity index (χ1v) is 7.91. The lowest BCUT2D eigenvalue weighted by Gasteiger charge is -2.15. The van der Waals surface area contributed by atoms with E-state index in [1.54, 1.807) is 11.8 Å². The molecule has 1 atom stereocenters. The van der Waals surface area contributed by atoms with Crippen molar-refractivity contribution in [2.75, 3.05) is 6.26 Å². The molecule has 0 aromatic heterocycles. The van der Waals surface area contributed by atoms with Crippen molar-refractivity contribution in [1.29, 1.82) is 0 Å². The molecule has 0 amide bonds. The molecule has 0 bridgehead atoms. The minimum absolute atomic E-state index is 0.244. The molecule has 0 saturated carbocycles. The zero-order chi connectivity index (χ0) is 13.7. The van der Waals surface area contributed by atoms with Crippen molar-refractivity contribution in [3.05, 3.63) is 64.7 Å². The Kier molecular flexibility index (Phi) is 5.32. The van der Waals surface area contributed by atoms with Crippen molar-refractivity contribution >= 4 is 23.4 Å². The number of nitrogens with one attached hydrogen (secondary N) is 1. The SMILES string of the molecule is CSc1ccc(CN[C@@H](C)c2ccccc2Cl)cc1. The van der Waals surface area contributed by atoms with Gasteiger partial charge in [-0.05, 0) is 42.5 Å². The van der Waals surface area contributed by atoms with Crippen LogP contribution in [-0.4, -0.2) is 6.26 Å². The van der Waals surface area contributed by atoms with Crippen molar-refractivity contribution < 1.29 is 0 Å². The van der Waals surface area contributed by atoms with Crippen LogP contribution in [0, 0.1) is 0 Å². The summed E-state index contributed by atoms with van der Waals surface area (Å²) < 4.78 is 0. The van der Waals surface area contributed by atoms with Crippen molar-refractivity contribution in [3.63, 3.8) is 0 Å². The Hall–Kier alpha value is -0.960. The molecule has 100 valence electrons. The topological polar surface area (TPSA) is 12.0 Å². The summed E-state index contributed by atoms with van der Waals surface area (Å²) in [6.45, 7) is 2.98. The van der Waals surface area contributed by atoms with Gasteiger partial charge in [-0.3, -0.25) is 0 Å². The number of benzene rings is 2. The number of hydrogen-bond donors (Lipinski definition) is 1. The third kappa shape index (κ3) is 4.00. The van der Waals surface area contributed by atoms with Gasteiger partial charge in [0.2, 0.25) is 0 Å². The van der Waals surface area contributed by atoms with Crippen LogP contribution in [0.25, 0.3) is 0 Å². The molecular weight excluding hydrogens is 274 g/mol. The average Bonchev–Trinajstić information content (AvgIpc) is 2.46. The first-order valence-electron chi connectivity index (χ1n) is 6.31. The van der Waals surface area contributed by atoms with Crippen LogP contribution in [0.3, 0.4) is 0 Å². The van der Waals surface area contributed by atoms with Gasteiger partial charge >= 0.3 is 0 Å². The fourth-order valence-electron chi connectivity index (χ4n) is 1.95. The van der Waals surface area contributed by atoms with E-state index in [0.29, 0.717) is 0 Å². The lowest BCUT2D eigenvalue weighted by Crippen LogP contribution is -2.18. The van der Waals surface area contributed by atoms with E-state index in [1.165, 1.54) is 10.5 Å². The standard InChI is InChI=1S/C16H18ClNS/c1-12(15-5-3-4-6-16(15)17)18-11-13-7-9-14(19-2)10-8-13/h3-10,12,18H,11H2,1-2H3/t12-/m0/s1. The maximum Gasteiger partial charge on any atom is 0.0453 e. The van der Waals surface area contributed by atoms with Crippen LogP contribution in [0.5, 0.6) is 0 Å². The molecule has 0 unspecified atom stereocenters. The minimum Gasteiger partial charge on any atom is -0.306 e. The van der Waals surface area contributed by atoms with E-state index >= 15 is 0 Å². The van der Waals surface area contributed by atoms with Crippen molar-refractivity contribution in [1.82, 2.24) is 5.32 Å². The summed E-state index contributed by atoms with van der Waals surface area (Å²) in [6, 6.07) is 16.9. The Morgan fingerprint density at radius 2 is 1.79 bits per heavy atom. The Morgan fingerprint density at radius 3 is 2.42 bits per heavy atom. The molecule has 0 fully saturated rings. The molecule has 2 rings (SSSR count). The zero-order valence-corrected chi connectivity index (χ0v) is 12.8. The normalized spacial score (nSPS) is 12.4. The average molecular weight is 292 g/mol. The quantitative estimate of drug-likeness (QED) is 0.785. The largest absolute Gasteiger partial charge is 0.306 e. The van der Waals surface area contributed by atoms with Gasteiger partial charge in [-0.15, -0.1) is 11.8 Å². The fourth-order valence-corrected chi connectivity index (χ4v) is 2.66.